The van der Waals surface area contributed by atoms with Crippen molar-refractivity contribution in [3.05, 3.63) is 6.33 Å². The molecule has 1 saturated heterocycles. The molecule has 0 amide bonds. The van der Waals surface area contributed by atoms with Crippen molar-refractivity contribution in [3.8, 4) is 0 Å². The molecule has 3 heterocycles. The number of hydrogen-bond acceptors (Lipinski definition) is 6. The zero-order valence-electron chi connectivity index (χ0n) is 12.1. The summed E-state index contributed by atoms with van der Waals surface area (Å²) in [5.74, 6) is 1.61. The molecule has 2 N–H and O–H groups in total. The van der Waals surface area contributed by atoms with Gasteiger partial charge in [0.25, 0.3) is 0 Å². The van der Waals surface area contributed by atoms with Crippen LogP contribution in [0, 0.1) is 0 Å². The van der Waals surface area contributed by atoms with Gasteiger partial charge in [-0.3, -0.25) is 0 Å². The summed E-state index contributed by atoms with van der Waals surface area (Å²) >= 11 is 0. The van der Waals surface area contributed by atoms with Gasteiger partial charge in [0.2, 0.25) is 5.95 Å². The fourth-order valence-electron chi connectivity index (χ4n) is 2.54. The van der Waals surface area contributed by atoms with Crippen LogP contribution in [0.4, 0.5) is 11.8 Å². The molecular formula is C13H21N7. The predicted octanol–water partition coefficient (Wildman–Crippen LogP) is 0.927. The first-order valence-electron chi connectivity index (χ1n) is 7.16. The summed E-state index contributed by atoms with van der Waals surface area (Å²) in [7, 11) is 2.17. The molecule has 0 saturated carbocycles. The number of likely N-dealkylation sites (N-methyl/N-ethyl adjacent to an activating group) is 1. The Bertz CT molecular complexity index is 579. The molecule has 2 aromatic rings. The van der Waals surface area contributed by atoms with Crippen molar-refractivity contribution in [2.75, 3.05) is 50.0 Å². The number of aromatic nitrogens is 4. The van der Waals surface area contributed by atoms with E-state index in [0.29, 0.717) is 5.95 Å². The van der Waals surface area contributed by atoms with Gasteiger partial charge in [0.05, 0.1) is 6.33 Å². The van der Waals surface area contributed by atoms with Crippen molar-refractivity contribution in [3.63, 3.8) is 0 Å². The standard InChI is InChI=1S/C13H21N7/c1-3-14-13-17-11-10(15-9-16-11)12(18-13)20-6-4-5-19(2)7-8-20/h9H,3-8H2,1-2H3,(H2,14,15,16,17,18). The molecule has 1 fully saturated rings. The highest BCUT2D eigenvalue weighted by Crippen LogP contribution is 2.23. The van der Waals surface area contributed by atoms with Gasteiger partial charge in [-0.1, -0.05) is 0 Å². The second kappa shape index (κ2) is 5.62. The minimum absolute atomic E-state index is 0.653. The molecule has 108 valence electrons. The molecule has 2 aromatic heterocycles. The SMILES string of the molecule is CCNc1nc(N2CCCN(C)CC2)c2[nH]cnc2n1. The normalized spacial score (nSPS) is 17.4. The molecule has 0 aliphatic carbocycles. The van der Waals surface area contributed by atoms with Crippen molar-refractivity contribution in [2.24, 2.45) is 0 Å². The van der Waals surface area contributed by atoms with E-state index < -0.39 is 0 Å². The lowest BCUT2D eigenvalue weighted by atomic mass is 10.3. The van der Waals surface area contributed by atoms with E-state index in [1.807, 2.05) is 6.92 Å². The van der Waals surface area contributed by atoms with Gasteiger partial charge in [-0.15, -0.1) is 0 Å². The van der Waals surface area contributed by atoms with Gasteiger partial charge in [-0.2, -0.15) is 9.97 Å². The fourth-order valence-corrected chi connectivity index (χ4v) is 2.54. The smallest absolute Gasteiger partial charge is 0.226 e. The van der Waals surface area contributed by atoms with Gasteiger partial charge >= 0.3 is 0 Å². The van der Waals surface area contributed by atoms with Crippen molar-refractivity contribution >= 4 is 22.9 Å². The number of nitrogens with zero attached hydrogens (tertiary/aromatic N) is 5. The van der Waals surface area contributed by atoms with Gasteiger partial charge in [-0.05, 0) is 26.9 Å². The highest BCUT2D eigenvalue weighted by Gasteiger charge is 2.18. The lowest BCUT2D eigenvalue weighted by Crippen LogP contribution is -2.29. The van der Waals surface area contributed by atoms with Crippen LogP contribution in [-0.4, -0.2) is 64.6 Å². The first-order chi connectivity index (χ1) is 9.78. The molecule has 7 heteroatoms. The van der Waals surface area contributed by atoms with E-state index in [0.717, 1.165) is 56.1 Å². The molecule has 0 aromatic carbocycles. The second-order valence-corrected chi connectivity index (χ2v) is 5.15. The number of imidazole rings is 1. The van der Waals surface area contributed by atoms with Crippen molar-refractivity contribution in [1.29, 1.82) is 0 Å². The zero-order valence-corrected chi connectivity index (χ0v) is 12.1. The second-order valence-electron chi connectivity index (χ2n) is 5.15. The van der Waals surface area contributed by atoms with E-state index in [2.05, 4.69) is 42.1 Å². The van der Waals surface area contributed by atoms with E-state index >= 15 is 0 Å². The van der Waals surface area contributed by atoms with Crippen LogP contribution in [0.15, 0.2) is 6.33 Å². The van der Waals surface area contributed by atoms with Crippen LogP contribution in [0.1, 0.15) is 13.3 Å². The van der Waals surface area contributed by atoms with Gasteiger partial charge in [0.1, 0.15) is 5.52 Å². The van der Waals surface area contributed by atoms with E-state index in [4.69, 9.17) is 0 Å². The molecule has 0 unspecified atom stereocenters. The average molecular weight is 275 g/mol. The van der Waals surface area contributed by atoms with Crippen LogP contribution in [0.3, 0.4) is 0 Å². The van der Waals surface area contributed by atoms with E-state index in [9.17, 15) is 0 Å². The fraction of sp³-hybridized carbons (Fsp3) is 0.615. The minimum atomic E-state index is 0.653. The van der Waals surface area contributed by atoms with Gasteiger partial charge in [0, 0.05) is 26.2 Å². The Morgan fingerprint density at radius 1 is 1.25 bits per heavy atom. The molecular weight excluding hydrogens is 254 g/mol. The topological polar surface area (TPSA) is 73.0 Å². The van der Waals surface area contributed by atoms with Crippen LogP contribution in [0.25, 0.3) is 11.2 Å². The van der Waals surface area contributed by atoms with Crippen LogP contribution in [-0.2, 0) is 0 Å². The summed E-state index contributed by atoms with van der Waals surface area (Å²) in [5, 5.41) is 3.18. The maximum Gasteiger partial charge on any atom is 0.226 e. The minimum Gasteiger partial charge on any atom is -0.354 e. The Morgan fingerprint density at radius 2 is 2.15 bits per heavy atom. The quantitative estimate of drug-likeness (QED) is 0.868. The van der Waals surface area contributed by atoms with Gasteiger partial charge in [0.15, 0.2) is 11.5 Å². The molecule has 0 radical (unpaired) electrons. The number of anilines is 2. The molecule has 0 bridgehead atoms. The van der Waals surface area contributed by atoms with Gasteiger partial charge < -0.3 is 20.1 Å². The summed E-state index contributed by atoms with van der Waals surface area (Å²) in [6.45, 7) is 7.02. The molecule has 1 aliphatic rings. The highest BCUT2D eigenvalue weighted by molar-refractivity contribution is 5.84. The third-order valence-corrected chi connectivity index (χ3v) is 3.62. The third-order valence-electron chi connectivity index (χ3n) is 3.62. The summed E-state index contributed by atoms with van der Waals surface area (Å²) in [6.07, 6.45) is 2.83. The average Bonchev–Trinajstić information content (AvgIpc) is 2.80. The first-order valence-corrected chi connectivity index (χ1v) is 7.16. The third kappa shape index (κ3) is 2.53. The first kappa shape index (κ1) is 13.1. The lowest BCUT2D eigenvalue weighted by molar-refractivity contribution is 0.360. The molecule has 0 spiro atoms. The molecule has 3 rings (SSSR count). The number of fused-ring (bicyclic) bond motifs is 1. The maximum absolute atomic E-state index is 4.67. The van der Waals surface area contributed by atoms with E-state index in [1.54, 1.807) is 6.33 Å². The lowest BCUT2D eigenvalue weighted by Gasteiger charge is -2.22. The Hall–Kier alpha value is -1.89. The number of H-pyrrole nitrogens is 1. The molecule has 0 atom stereocenters. The molecule has 1 aliphatic heterocycles. The molecule has 7 nitrogen and oxygen atoms in total. The Balaban J connectivity index is 1.97. The number of rotatable bonds is 3. The van der Waals surface area contributed by atoms with Crippen molar-refractivity contribution < 1.29 is 0 Å². The van der Waals surface area contributed by atoms with Crippen LogP contribution < -0.4 is 10.2 Å². The number of nitrogens with one attached hydrogen (secondary N) is 2. The Labute approximate surface area is 118 Å². The van der Waals surface area contributed by atoms with Gasteiger partial charge in [-0.25, -0.2) is 4.98 Å². The maximum atomic E-state index is 4.67. The monoisotopic (exact) mass is 275 g/mol. The number of hydrogen-bond donors (Lipinski definition) is 2. The van der Waals surface area contributed by atoms with Crippen LogP contribution in [0.2, 0.25) is 0 Å². The van der Waals surface area contributed by atoms with E-state index in [1.165, 1.54) is 0 Å². The summed E-state index contributed by atoms with van der Waals surface area (Å²) in [6, 6.07) is 0. The summed E-state index contributed by atoms with van der Waals surface area (Å²) in [5.41, 5.74) is 1.65. The van der Waals surface area contributed by atoms with E-state index in [-0.39, 0.29) is 0 Å². The molecule has 20 heavy (non-hydrogen) atoms. The van der Waals surface area contributed by atoms with Crippen molar-refractivity contribution in [1.82, 2.24) is 24.8 Å². The largest absolute Gasteiger partial charge is 0.354 e. The summed E-state index contributed by atoms with van der Waals surface area (Å²) in [4.78, 5) is 21.2. The number of aromatic amines is 1. The van der Waals surface area contributed by atoms with Crippen LogP contribution >= 0.6 is 0 Å². The predicted molar refractivity (Wildman–Crippen MR) is 80.2 cm³/mol. The summed E-state index contributed by atoms with van der Waals surface area (Å²) < 4.78 is 0. The van der Waals surface area contributed by atoms with Crippen molar-refractivity contribution in [2.45, 2.75) is 13.3 Å². The highest BCUT2D eigenvalue weighted by atomic mass is 15.3. The van der Waals surface area contributed by atoms with Crippen LogP contribution in [0.5, 0.6) is 0 Å². The Morgan fingerprint density at radius 3 is 3.00 bits per heavy atom. The zero-order chi connectivity index (χ0) is 13.9. The Kier molecular flexibility index (Phi) is 3.68.